The lowest BCUT2D eigenvalue weighted by Gasteiger charge is -2.56. The summed E-state index contributed by atoms with van der Waals surface area (Å²) in [6.45, 7) is 9.02. The maximum absolute atomic E-state index is 14.1. The Kier molecular flexibility index (Phi) is 6.49. The largest absolute Gasteiger partial charge is 0.370 e. The van der Waals surface area contributed by atoms with E-state index in [0.29, 0.717) is 30.3 Å². The molecule has 6 N–H and O–H groups in total. The summed E-state index contributed by atoms with van der Waals surface area (Å²) in [7, 11) is 0. The van der Waals surface area contributed by atoms with Gasteiger partial charge in [0, 0.05) is 31.6 Å². The molecule has 3 aliphatic heterocycles. The Morgan fingerprint density at radius 1 is 1.23 bits per heavy atom. The number of benzene rings is 2. The fourth-order valence-electron chi connectivity index (χ4n) is 7.31. The number of hydrogen-bond donors (Lipinski definition) is 4. The van der Waals surface area contributed by atoms with E-state index in [1.807, 2.05) is 0 Å². The van der Waals surface area contributed by atoms with Crippen molar-refractivity contribution in [3.63, 3.8) is 0 Å². The number of carbonyl (C=O) groups is 1. The normalized spacial score (nSPS) is 30.5. The van der Waals surface area contributed by atoms with Crippen LogP contribution in [0.3, 0.4) is 0 Å². The van der Waals surface area contributed by atoms with Crippen molar-refractivity contribution >= 4 is 22.6 Å². The quantitative estimate of drug-likeness (QED) is 0.346. The maximum Gasteiger partial charge on any atom is 0.240 e. The highest BCUT2D eigenvalue weighted by molar-refractivity contribution is 5.89. The number of nitrogens with zero attached hydrogens (tertiary/aromatic N) is 2. The molecule has 0 spiro atoms. The van der Waals surface area contributed by atoms with Gasteiger partial charge in [0.2, 0.25) is 5.91 Å². The van der Waals surface area contributed by atoms with Gasteiger partial charge in [-0.05, 0) is 53.4 Å². The average Bonchev–Trinajstić information content (AvgIpc) is 3.16. The number of likely N-dealkylation sites (tertiary alicyclic amines) is 1. The molecule has 6 unspecified atom stereocenters. The van der Waals surface area contributed by atoms with Gasteiger partial charge in [0.25, 0.3) is 0 Å². The number of carbonyl (C=O) groups excluding carboxylic acids is 1. The molecular weight excluding hydrogens is 436 g/mol. The number of hydrogen-bond acceptors (Lipinski definition) is 4. The van der Waals surface area contributed by atoms with E-state index < -0.39 is 5.54 Å². The summed E-state index contributed by atoms with van der Waals surface area (Å²) in [6.07, 6.45) is 2.70. The summed E-state index contributed by atoms with van der Waals surface area (Å²) < 4.78 is 0. The fraction of sp³-hybridized carbons (Fsp3) is 0.571. The molecule has 1 aliphatic carbocycles. The minimum atomic E-state index is -0.552. The molecule has 35 heavy (non-hydrogen) atoms. The molecule has 4 fully saturated rings. The zero-order valence-corrected chi connectivity index (χ0v) is 21.2. The molecule has 2 aromatic rings. The number of piperidine rings is 2. The van der Waals surface area contributed by atoms with E-state index in [9.17, 15) is 4.79 Å². The Hall–Kier alpha value is -2.64. The first-order chi connectivity index (χ1) is 16.8. The molecule has 1 saturated carbocycles. The van der Waals surface area contributed by atoms with Crippen molar-refractivity contribution < 1.29 is 4.79 Å². The minimum Gasteiger partial charge on any atom is -0.370 e. The van der Waals surface area contributed by atoms with Crippen LogP contribution in [0.1, 0.15) is 45.6 Å². The topological polar surface area (TPSA) is 109 Å². The van der Waals surface area contributed by atoms with Gasteiger partial charge in [0.15, 0.2) is 5.96 Å². The number of rotatable bonds is 8. The molecule has 6 atom stereocenters. The summed E-state index contributed by atoms with van der Waals surface area (Å²) in [5.41, 5.74) is 12.2. The van der Waals surface area contributed by atoms with Crippen LogP contribution in [0.25, 0.3) is 10.8 Å². The Balaban J connectivity index is 1.43. The van der Waals surface area contributed by atoms with Gasteiger partial charge in [-0.3, -0.25) is 9.69 Å². The highest BCUT2D eigenvalue weighted by atomic mass is 16.2. The van der Waals surface area contributed by atoms with Crippen LogP contribution in [0.4, 0.5) is 0 Å². The van der Waals surface area contributed by atoms with E-state index in [4.69, 9.17) is 11.5 Å². The molecular formula is C28H40N6O. The van der Waals surface area contributed by atoms with E-state index in [-0.39, 0.29) is 24.0 Å². The van der Waals surface area contributed by atoms with Crippen LogP contribution in [-0.2, 0) is 11.3 Å². The summed E-state index contributed by atoms with van der Waals surface area (Å²) in [5, 5.41) is 9.50. The van der Waals surface area contributed by atoms with Gasteiger partial charge in [-0.1, -0.05) is 63.2 Å². The lowest BCUT2D eigenvalue weighted by molar-refractivity contribution is -0.139. The predicted molar refractivity (Wildman–Crippen MR) is 141 cm³/mol. The van der Waals surface area contributed by atoms with E-state index in [1.54, 1.807) is 0 Å². The standard InChI is InChI=1S/C28H40N6O/c1-4-24(33-27(29)30)34-16-20-13-28(23(12-17(2)3)25(34)22(20)15-32-28)26(35)31-14-19-10-7-9-18-8-5-6-11-21(18)19/h5-11,17,20,22-25,32H,4,12-16H2,1-3H3,(H,31,35)(H4,29,30,33). The SMILES string of the molecule is CCC(N=C(N)N)N1CC2CC3(C(=O)NCc4cccc5ccccc45)NCC2C1C3CC(C)C. The highest BCUT2D eigenvalue weighted by Gasteiger charge is 2.65. The van der Waals surface area contributed by atoms with Crippen molar-refractivity contribution in [2.45, 2.75) is 64.3 Å². The second-order valence-electron chi connectivity index (χ2n) is 11.2. The molecule has 0 radical (unpaired) electrons. The van der Waals surface area contributed by atoms with Gasteiger partial charge in [-0.25, -0.2) is 4.99 Å². The van der Waals surface area contributed by atoms with Gasteiger partial charge in [0.1, 0.15) is 11.7 Å². The summed E-state index contributed by atoms with van der Waals surface area (Å²) in [6, 6.07) is 15.0. The van der Waals surface area contributed by atoms with Crippen molar-refractivity contribution in [1.82, 2.24) is 15.5 Å². The third kappa shape index (κ3) is 4.19. The van der Waals surface area contributed by atoms with E-state index in [0.717, 1.165) is 37.9 Å². The van der Waals surface area contributed by atoms with Crippen LogP contribution in [-0.4, -0.2) is 47.6 Å². The zero-order valence-electron chi connectivity index (χ0n) is 21.2. The molecule has 0 aromatic heterocycles. The lowest BCUT2D eigenvalue weighted by atomic mass is 9.57. The van der Waals surface area contributed by atoms with Crippen LogP contribution < -0.4 is 22.1 Å². The number of nitrogens with one attached hydrogen (secondary N) is 2. The highest BCUT2D eigenvalue weighted by Crippen LogP contribution is 2.54. The van der Waals surface area contributed by atoms with Crippen molar-refractivity contribution in [1.29, 1.82) is 0 Å². The number of amides is 1. The fourth-order valence-corrected chi connectivity index (χ4v) is 7.31. The summed E-state index contributed by atoms with van der Waals surface area (Å²) in [4.78, 5) is 21.2. The molecule has 7 heteroatoms. The zero-order chi connectivity index (χ0) is 24.7. The molecule has 188 valence electrons. The molecule has 7 nitrogen and oxygen atoms in total. The van der Waals surface area contributed by atoms with Gasteiger partial charge < -0.3 is 22.1 Å². The van der Waals surface area contributed by atoms with Crippen LogP contribution in [0.2, 0.25) is 0 Å². The van der Waals surface area contributed by atoms with Gasteiger partial charge in [0.05, 0.1) is 0 Å². The second kappa shape index (κ2) is 9.43. The minimum absolute atomic E-state index is 0.0280. The molecule has 1 amide bonds. The average molecular weight is 477 g/mol. The van der Waals surface area contributed by atoms with E-state index >= 15 is 0 Å². The first-order valence-corrected chi connectivity index (χ1v) is 13.2. The van der Waals surface area contributed by atoms with E-state index in [2.05, 4.69) is 83.8 Å². The number of aliphatic imine (C=N–C) groups is 1. The molecule has 6 rings (SSSR count). The number of fused-ring (bicyclic) bond motifs is 2. The lowest BCUT2D eigenvalue weighted by Crippen LogP contribution is -2.74. The third-order valence-corrected chi connectivity index (χ3v) is 8.65. The van der Waals surface area contributed by atoms with Crippen LogP contribution in [0, 0.1) is 23.7 Å². The smallest absolute Gasteiger partial charge is 0.240 e. The first-order valence-electron chi connectivity index (χ1n) is 13.2. The molecule has 4 bridgehead atoms. The first kappa shape index (κ1) is 24.1. The molecule has 3 saturated heterocycles. The van der Waals surface area contributed by atoms with Crippen LogP contribution >= 0.6 is 0 Å². The van der Waals surface area contributed by atoms with Gasteiger partial charge >= 0.3 is 0 Å². The van der Waals surface area contributed by atoms with Crippen molar-refractivity contribution in [3.8, 4) is 0 Å². The monoisotopic (exact) mass is 476 g/mol. The molecule has 2 aromatic carbocycles. The number of nitrogens with two attached hydrogens (primary N) is 2. The Bertz CT molecular complexity index is 1110. The third-order valence-electron chi connectivity index (χ3n) is 8.65. The Morgan fingerprint density at radius 3 is 2.74 bits per heavy atom. The molecule has 4 aliphatic rings. The maximum atomic E-state index is 14.1. The summed E-state index contributed by atoms with van der Waals surface area (Å²) >= 11 is 0. The van der Waals surface area contributed by atoms with Gasteiger partial charge in [-0.15, -0.1) is 0 Å². The number of guanidine groups is 1. The predicted octanol–water partition coefficient (Wildman–Crippen LogP) is 2.79. The second-order valence-corrected chi connectivity index (χ2v) is 11.2. The van der Waals surface area contributed by atoms with Crippen LogP contribution in [0.5, 0.6) is 0 Å². The molecule has 3 heterocycles. The van der Waals surface area contributed by atoms with Crippen molar-refractivity contribution in [2.75, 3.05) is 13.1 Å². The van der Waals surface area contributed by atoms with Crippen LogP contribution in [0.15, 0.2) is 47.5 Å². The Labute approximate surface area is 208 Å². The van der Waals surface area contributed by atoms with Gasteiger partial charge in [-0.2, -0.15) is 0 Å². The summed E-state index contributed by atoms with van der Waals surface area (Å²) in [5.74, 6) is 2.01. The van der Waals surface area contributed by atoms with E-state index in [1.165, 1.54) is 10.8 Å². The van der Waals surface area contributed by atoms with Crippen molar-refractivity contribution in [3.05, 3.63) is 48.0 Å². The Morgan fingerprint density at radius 2 is 2.00 bits per heavy atom. The van der Waals surface area contributed by atoms with Crippen molar-refractivity contribution in [2.24, 2.45) is 40.1 Å².